The molecule has 1 aromatic heterocycles. The quantitative estimate of drug-likeness (QED) is 0.634. The van der Waals surface area contributed by atoms with Crippen molar-refractivity contribution in [3.8, 4) is 0 Å². The van der Waals surface area contributed by atoms with Gasteiger partial charge in [0.1, 0.15) is 5.69 Å². The van der Waals surface area contributed by atoms with E-state index in [1.54, 1.807) is 11.7 Å². The molecular formula is C13H22N4O2. The van der Waals surface area contributed by atoms with Crippen molar-refractivity contribution < 1.29 is 4.92 Å². The van der Waals surface area contributed by atoms with Crippen molar-refractivity contribution in [3.63, 3.8) is 0 Å². The topological polar surface area (TPSA) is 73.0 Å². The van der Waals surface area contributed by atoms with Gasteiger partial charge in [0.2, 0.25) is 5.82 Å². The van der Waals surface area contributed by atoms with Crippen molar-refractivity contribution in [2.75, 3.05) is 11.9 Å². The van der Waals surface area contributed by atoms with Crippen LogP contribution in [0.3, 0.4) is 0 Å². The second-order valence-corrected chi connectivity index (χ2v) is 5.82. The number of hydrogen-bond donors (Lipinski definition) is 1. The highest BCUT2D eigenvalue weighted by Gasteiger charge is 2.41. The molecule has 0 bridgehead atoms. The Balaban J connectivity index is 2.26. The standard InChI is InChI=1S/C13H22N4O2/c1-5-13(6-7-13)8-14-12-11(17(18)19)10(9(2)3)15-16(12)4/h9,14H,5-8H2,1-4H3. The van der Waals surface area contributed by atoms with Gasteiger partial charge in [-0.05, 0) is 24.7 Å². The highest BCUT2D eigenvalue weighted by Crippen LogP contribution is 2.48. The third-order valence-corrected chi connectivity index (χ3v) is 4.12. The molecule has 0 spiro atoms. The number of rotatable bonds is 6. The molecule has 0 radical (unpaired) electrons. The minimum atomic E-state index is -0.323. The van der Waals surface area contributed by atoms with Crippen molar-refractivity contribution in [2.24, 2.45) is 12.5 Å². The fourth-order valence-corrected chi connectivity index (χ4v) is 2.40. The molecular weight excluding hydrogens is 244 g/mol. The summed E-state index contributed by atoms with van der Waals surface area (Å²) in [5, 5.41) is 18.8. The van der Waals surface area contributed by atoms with Crippen LogP contribution in [0.5, 0.6) is 0 Å². The molecule has 19 heavy (non-hydrogen) atoms. The molecule has 1 aliphatic rings. The Morgan fingerprint density at radius 1 is 1.53 bits per heavy atom. The third kappa shape index (κ3) is 2.57. The predicted octanol–water partition coefficient (Wildman–Crippen LogP) is 3.05. The summed E-state index contributed by atoms with van der Waals surface area (Å²) in [5.41, 5.74) is 1.02. The van der Waals surface area contributed by atoms with E-state index in [4.69, 9.17) is 0 Å². The van der Waals surface area contributed by atoms with Gasteiger partial charge in [0.15, 0.2) is 0 Å². The molecule has 0 amide bonds. The predicted molar refractivity (Wildman–Crippen MR) is 74.4 cm³/mol. The molecule has 1 N–H and O–H groups in total. The first-order chi connectivity index (χ1) is 8.90. The van der Waals surface area contributed by atoms with Gasteiger partial charge in [-0.1, -0.05) is 20.8 Å². The van der Waals surface area contributed by atoms with E-state index in [-0.39, 0.29) is 16.5 Å². The maximum absolute atomic E-state index is 11.3. The average Bonchev–Trinajstić information content (AvgIpc) is 3.04. The maximum atomic E-state index is 11.3. The molecule has 1 aromatic rings. The van der Waals surface area contributed by atoms with Gasteiger partial charge in [-0.3, -0.25) is 10.1 Å². The van der Waals surface area contributed by atoms with Crippen LogP contribution >= 0.6 is 0 Å². The first-order valence-electron chi connectivity index (χ1n) is 6.85. The summed E-state index contributed by atoms with van der Waals surface area (Å²) in [6, 6.07) is 0. The Bertz CT molecular complexity index is 489. The van der Waals surface area contributed by atoms with E-state index >= 15 is 0 Å². The molecule has 0 saturated heterocycles. The summed E-state index contributed by atoms with van der Waals surface area (Å²) in [7, 11) is 1.76. The fraction of sp³-hybridized carbons (Fsp3) is 0.769. The van der Waals surface area contributed by atoms with E-state index in [2.05, 4.69) is 17.3 Å². The first kappa shape index (κ1) is 13.8. The number of aryl methyl sites for hydroxylation is 1. The molecule has 106 valence electrons. The number of anilines is 1. The monoisotopic (exact) mass is 266 g/mol. The Hall–Kier alpha value is -1.59. The van der Waals surface area contributed by atoms with Gasteiger partial charge in [0, 0.05) is 19.5 Å². The normalized spacial score (nSPS) is 16.7. The largest absolute Gasteiger partial charge is 0.364 e. The highest BCUT2D eigenvalue weighted by atomic mass is 16.6. The SMILES string of the molecule is CCC1(CNc2c([N+](=O)[O-])c(C(C)C)nn2C)CC1. The highest BCUT2D eigenvalue weighted by molar-refractivity contribution is 5.60. The Morgan fingerprint density at radius 2 is 2.16 bits per heavy atom. The minimum absolute atomic E-state index is 0.0446. The van der Waals surface area contributed by atoms with Crippen LogP contribution in [0.25, 0.3) is 0 Å². The summed E-state index contributed by atoms with van der Waals surface area (Å²) in [5.74, 6) is 0.580. The molecule has 1 fully saturated rings. The molecule has 1 aliphatic carbocycles. The van der Waals surface area contributed by atoms with Crippen molar-refractivity contribution in [1.29, 1.82) is 0 Å². The van der Waals surface area contributed by atoms with Crippen LogP contribution in [0, 0.1) is 15.5 Å². The first-order valence-corrected chi connectivity index (χ1v) is 6.85. The van der Waals surface area contributed by atoms with E-state index in [0.29, 0.717) is 16.9 Å². The van der Waals surface area contributed by atoms with Crippen molar-refractivity contribution in [1.82, 2.24) is 9.78 Å². The molecule has 2 rings (SSSR count). The third-order valence-electron chi connectivity index (χ3n) is 4.12. The molecule has 0 unspecified atom stereocenters. The lowest BCUT2D eigenvalue weighted by atomic mass is 10.0. The molecule has 1 heterocycles. The van der Waals surface area contributed by atoms with Crippen LogP contribution < -0.4 is 5.32 Å². The van der Waals surface area contributed by atoms with Crippen LogP contribution in [0.1, 0.15) is 51.6 Å². The minimum Gasteiger partial charge on any atom is -0.364 e. The zero-order valence-electron chi connectivity index (χ0n) is 12.1. The Morgan fingerprint density at radius 3 is 2.58 bits per heavy atom. The van der Waals surface area contributed by atoms with Crippen LogP contribution in [0.15, 0.2) is 0 Å². The van der Waals surface area contributed by atoms with E-state index in [0.717, 1.165) is 13.0 Å². The number of nitro groups is 1. The Kier molecular flexibility index (Phi) is 3.52. The van der Waals surface area contributed by atoms with Crippen molar-refractivity contribution in [3.05, 3.63) is 15.8 Å². The van der Waals surface area contributed by atoms with Crippen molar-refractivity contribution in [2.45, 2.75) is 46.0 Å². The van der Waals surface area contributed by atoms with E-state index < -0.39 is 0 Å². The van der Waals surface area contributed by atoms with Gasteiger partial charge in [-0.25, -0.2) is 4.68 Å². The summed E-state index contributed by atoms with van der Waals surface area (Å²) < 4.78 is 1.60. The number of nitrogens with zero attached hydrogens (tertiary/aromatic N) is 3. The summed E-state index contributed by atoms with van der Waals surface area (Å²) in [6.07, 6.45) is 3.53. The lowest BCUT2D eigenvalue weighted by Crippen LogP contribution is -2.17. The zero-order valence-corrected chi connectivity index (χ0v) is 12.1. The van der Waals surface area contributed by atoms with Crippen molar-refractivity contribution >= 4 is 11.5 Å². The second kappa shape index (κ2) is 4.83. The van der Waals surface area contributed by atoms with Gasteiger partial charge >= 0.3 is 5.69 Å². The zero-order chi connectivity index (χ0) is 14.2. The summed E-state index contributed by atoms with van der Waals surface area (Å²) >= 11 is 0. The maximum Gasteiger partial charge on any atom is 0.334 e. The molecule has 1 saturated carbocycles. The number of aromatic nitrogens is 2. The van der Waals surface area contributed by atoms with Gasteiger partial charge in [0.25, 0.3) is 0 Å². The molecule has 0 aromatic carbocycles. The number of nitrogens with one attached hydrogen (secondary N) is 1. The number of hydrogen-bond acceptors (Lipinski definition) is 4. The van der Waals surface area contributed by atoms with Gasteiger partial charge in [-0.2, -0.15) is 5.10 Å². The van der Waals surface area contributed by atoms with Gasteiger partial charge in [0.05, 0.1) is 4.92 Å². The second-order valence-electron chi connectivity index (χ2n) is 5.82. The van der Waals surface area contributed by atoms with Crippen LogP contribution in [-0.2, 0) is 7.05 Å². The van der Waals surface area contributed by atoms with Crippen LogP contribution in [0.2, 0.25) is 0 Å². The van der Waals surface area contributed by atoms with E-state index in [9.17, 15) is 10.1 Å². The molecule has 6 nitrogen and oxygen atoms in total. The lowest BCUT2D eigenvalue weighted by molar-refractivity contribution is -0.384. The lowest BCUT2D eigenvalue weighted by Gasteiger charge is -2.13. The Labute approximate surface area is 113 Å². The van der Waals surface area contributed by atoms with E-state index in [1.807, 2.05) is 13.8 Å². The summed E-state index contributed by atoms with van der Waals surface area (Å²) in [6.45, 7) is 6.81. The molecule has 0 atom stereocenters. The smallest absolute Gasteiger partial charge is 0.334 e. The van der Waals surface area contributed by atoms with Gasteiger partial charge in [-0.15, -0.1) is 0 Å². The van der Waals surface area contributed by atoms with Crippen LogP contribution in [0.4, 0.5) is 11.5 Å². The van der Waals surface area contributed by atoms with Gasteiger partial charge < -0.3 is 5.32 Å². The average molecular weight is 266 g/mol. The molecule has 0 aliphatic heterocycles. The summed E-state index contributed by atoms with van der Waals surface area (Å²) in [4.78, 5) is 11.0. The molecule has 6 heteroatoms. The van der Waals surface area contributed by atoms with Crippen LogP contribution in [-0.4, -0.2) is 21.2 Å². The van der Waals surface area contributed by atoms with E-state index in [1.165, 1.54) is 12.8 Å². The fourth-order valence-electron chi connectivity index (χ4n) is 2.40.